The lowest BCUT2D eigenvalue weighted by molar-refractivity contribution is 0.836. The van der Waals surface area contributed by atoms with Gasteiger partial charge in [0.1, 0.15) is 12.1 Å². The second-order valence-corrected chi connectivity index (χ2v) is 7.92. The van der Waals surface area contributed by atoms with E-state index in [1.165, 1.54) is 43.1 Å². The van der Waals surface area contributed by atoms with Gasteiger partial charge in [-0.05, 0) is 55.1 Å². The Hall–Kier alpha value is -2.43. The van der Waals surface area contributed by atoms with Crippen molar-refractivity contribution in [1.82, 2.24) is 19.7 Å². The fourth-order valence-corrected chi connectivity index (χ4v) is 4.54. The predicted molar refractivity (Wildman–Crippen MR) is 97.1 cm³/mol. The summed E-state index contributed by atoms with van der Waals surface area (Å²) in [5.41, 5.74) is 3.31. The lowest BCUT2D eigenvalue weighted by Crippen LogP contribution is -2.19. The zero-order valence-corrected chi connectivity index (χ0v) is 14.2. The maximum atomic E-state index is 4.61. The number of nitrogens with zero attached hydrogens (tertiary/aromatic N) is 5. The van der Waals surface area contributed by atoms with Gasteiger partial charge in [0.15, 0.2) is 5.82 Å². The molecule has 2 saturated carbocycles. The second kappa shape index (κ2) is 4.81. The molecule has 1 aliphatic heterocycles. The standard InChI is InChI=1S/C20H21N5/c1-2-8-24(7-1)18-10-19(22-13-21-18)25-17-9-14(3-4-15(17)12-23-25)16-11-20(16)5-6-20/h3-4,9-10,12-13,16H,1-2,5-8,11H2. The number of anilines is 1. The van der Waals surface area contributed by atoms with Gasteiger partial charge in [-0.2, -0.15) is 5.10 Å². The van der Waals surface area contributed by atoms with Crippen molar-refractivity contribution >= 4 is 16.7 Å². The van der Waals surface area contributed by atoms with E-state index in [0.717, 1.165) is 36.2 Å². The van der Waals surface area contributed by atoms with Crippen LogP contribution in [-0.2, 0) is 0 Å². The summed E-state index contributed by atoms with van der Waals surface area (Å²) >= 11 is 0. The SMILES string of the molecule is c1nc(N2CCCC2)cc(-n2ncc3ccc(C4CC45CC5)cc32)n1. The van der Waals surface area contributed by atoms with Crippen LogP contribution in [0.4, 0.5) is 5.82 Å². The Morgan fingerprint density at radius 1 is 1.00 bits per heavy atom. The number of aromatic nitrogens is 4. The minimum absolute atomic E-state index is 0.677. The van der Waals surface area contributed by atoms with E-state index in [1.54, 1.807) is 6.33 Å². The molecule has 3 aliphatic rings. The summed E-state index contributed by atoms with van der Waals surface area (Å²) in [6, 6.07) is 8.91. The zero-order chi connectivity index (χ0) is 16.4. The van der Waals surface area contributed by atoms with E-state index in [-0.39, 0.29) is 0 Å². The zero-order valence-electron chi connectivity index (χ0n) is 14.2. The summed E-state index contributed by atoms with van der Waals surface area (Å²) < 4.78 is 1.97. The number of benzene rings is 1. The van der Waals surface area contributed by atoms with Crippen LogP contribution >= 0.6 is 0 Å². The molecule has 1 unspecified atom stereocenters. The van der Waals surface area contributed by atoms with Gasteiger partial charge in [0.2, 0.25) is 0 Å². The van der Waals surface area contributed by atoms with Crippen molar-refractivity contribution in [3.05, 3.63) is 42.4 Å². The Kier molecular flexibility index (Phi) is 2.66. The normalized spacial score (nSPS) is 23.5. The molecule has 0 amide bonds. The van der Waals surface area contributed by atoms with Crippen molar-refractivity contribution in [3.63, 3.8) is 0 Å². The average molecular weight is 331 g/mol. The van der Waals surface area contributed by atoms with Crippen LogP contribution in [0, 0.1) is 5.41 Å². The molecule has 126 valence electrons. The first-order valence-electron chi connectivity index (χ1n) is 9.38. The van der Waals surface area contributed by atoms with E-state index in [2.05, 4.69) is 44.2 Å². The number of hydrogen-bond donors (Lipinski definition) is 0. The largest absolute Gasteiger partial charge is 0.356 e. The highest BCUT2D eigenvalue weighted by Gasteiger charge is 2.62. The van der Waals surface area contributed by atoms with E-state index in [9.17, 15) is 0 Å². The van der Waals surface area contributed by atoms with Crippen molar-refractivity contribution < 1.29 is 0 Å². The van der Waals surface area contributed by atoms with Crippen molar-refractivity contribution in [2.45, 2.75) is 38.0 Å². The van der Waals surface area contributed by atoms with Gasteiger partial charge in [-0.1, -0.05) is 12.1 Å². The Morgan fingerprint density at radius 2 is 1.84 bits per heavy atom. The van der Waals surface area contributed by atoms with Crippen LogP contribution in [0.1, 0.15) is 43.6 Å². The molecular formula is C20H21N5. The molecule has 3 heterocycles. The first-order chi connectivity index (χ1) is 12.3. The van der Waals surface area contributed by atoms with Gasteiger partial charge < -0.3 is 4.90 Å². The fraction of sp³-hybridized carbons (Fsp3) is 0.450. The maximum Gasteiger partial charge on any atom is 0.159 e. The van der Waals surface area contributed by atoms with Crippen LogP contribution < -0.4 is 4.90 Å². The summed E-state index contributed by atoms with van der Waals surface area (Å²) in [6.07, 6.45) is 10.3. The van der Waals surface area contributed by atoms with Crippen molar-refractivity contribution in [2.75, 3.05) is 18.0 Å². The van der Waals surface area contributed by atoms with Gasteiger partial charge in [0.25, 0.3) is 0 Å². The van der Waals surface area contributed by atoms with Crippen LogP contribution in [0.25, 0.3) is 16.7 Å². The molecule has 0 radical (unpaired) electrons. The first-order valence-corrected chi connectivity index (χ1v) is 9.38. The molecule has 1 atom stereocenters. The molecule has 1 saturated heterocycles. The van der Waals surface area contributed by atoms with E-state index in [1.807, 2.05) is 10.9 Å². The molecule has 25 heavy (non-hydrogen) atoms. The lowest BCUT2D eigenvalue weighted by atomic mass is 10.1. The minimum Gasteiger partial charge on any atom is -0.356 e. The summed E-state index contributed by atoms with van der Waals surface area (Å²) in [5, 5.41) is 5.79. The predicted octanol–water partition coefficient (Wildman–Crippen LogP) is 3.68. The van der Waals surface area contributed by atoms with Gasteiger partial charge in [-0.25, -0.2) is 14.6 Å². The molecule has 5 heteroatoms. The van der Waals surface area contributed by atoms with E-state index in [4.69, 9.17) is 0 Å². The quantitative estimate of drug-likeness (QED) is 0.734. The molecule has 0 bridgehead atoms. The summed E-state index contributed by atoms with van der Waals surface area (Å²) in [4.78, 5) is 11.3. The third-order valence-electron chi connectivity index (χ3n) is 6.36. The van der Waals surface area contributed by atoms with Crippen molar-refractivity contribution in [2.24, 2.45) is 5.41 Å². The van der Waals surface area contributed by atoms with E-state index >= 15 is 0 Å². The monoisotopic (exact) mass is 331 g/mol. The summed E-state index contributed by atoms with van der Waals surface area (Å²) in [6.45, 7) is 2.18. The van der Waals surface area contributed by atoms with E-state index in [0.29, 0.717) is 5.41 Å². The van der Waals surface area contributed by atoms with Crippen LogP contribution in [0.15, 0.2) is 36.8 Å². The topological polar surface area (TPSA) is 46.8 Å². The Bertz CT molecular complexity index is 965. The Morgan fingerprint density at radius 3 is 2.64 bits per heavy atom. The van der Waals surface area contributed by atoms with Crippen LogP contribution in [0.3, 0.4) is 0 Å². The maximum absolute atomic E-state index is 4.61. The smallest absolute Gasteiger partial charge is 0.159 e. The molecular weight excluding hydrogens is 310 g/mol. The van der Waals surface area contributed by atoms with Gasteiger partial charge in [0, 0.05) is 24.5 Å². The number of rotatable bonds is 3. The van der Waals surface area contributed by atoms with Crippen LogP contribution in [-0.4, -0.2) is 32.8 Å². The molecule has 3 fully saturated rings. The number of fused-ring (bicyclic) bond motifs is 1. The fourth-order valence-electron chi connectivity index (χ4n) is 4.54. The van der Waals surface area contributed by atoms with Gasteiger partial charge in [0.05, 0.1) is 11.7 Å². The van der Waals surface area contributed by atoms with E-state index < -0.39 is 0 Å². The molecule has 6 rings (SSSR count). The highest BCUT2D eigenvalue weighted by molar-refractivity contribution is 5.81. The molecule has 2 aliphatic carbocycles. The Balaban J connectivity index is 1.42. The lowest BCUT2D eigenvalue weighted by Gasteiger charge is -2.16. The molecule has 5 nitrogen and oxygen atoms in total. The molecule has 2 aromatic heterocycles. The first kappa shape index (κ1) is 13.8. The van der Waals surface area contributed by atoms with Crippen LogP contribution in [0.2, 0.25) is 0 Å². The van der Waals surface area contributed by atoms with Crippen molar-refractivity contribution in [3.8, 4) is 5.82 Å². The van der Waals surface area contributed by atoms with Gasteiger partial charge >= 0.3 is 0 Å². The average Bonchev–Trinajstić information content (AvgIpc) is 3.43. The Labute approximate surface area is 146 Å². The highest BCUT2D eigenvalue weighted by atomic mass is 15.3. The number of hydrogen-bond acceptors (Lipinski definition) is 4. The second-order valence-electron chi connectivity index (χ2n) is 7.92. The third kappa shape index (κ3) is 2.11. The summed E-state index contributed by atoms with van der Waals surface area (Å²) in [5.74, 6) is 2.65. The molecule has 3 aromatic rings. The van der Waals surface area contributed by atoms with Gasteiger partial charge in [-0.15, -0.1) is 0 Å². The molecule has 0 N–H and O–H groups in total. The van der Waals surface area contributed by atoms with Crippen LogP contribution in [0.5, 0.6) is 0 Å². The van der Waals surface area contributed by atoms with Crippen molar-refractivity contribution in [1.29, 1.82) is 0 Å². The molecule has 1 aromatic carbocycles. The highest BCUT2D eigenvalue weighted by Crippen LogP contribution is 2.75. The molecule has 1 spiro atoms. The summed E-state index contributed by atoms with van der Waals surface area (Å²) in [7, 11) is 0. The third-order valence-corrected chi connectivity index (χ3v) is 6.36. The minimum atomic E-state index is 0.677. The van der Waals surface area contributed by atoms with Gasteiger partial charge in [-0.3, -0.25) is 0 Å².